The van der Waals surface area contributed by atoms with E-state index in [0.717, 1.165) is 38.6 Å². The van der Waals surface area contributed by atoms with Gasteiger partial charge in [0.15, 0.2) is 0 Å². The molecule has 1 aliphatic rings. The lowest BCUT2D eigenvalue weighted by Gasteiger charge is -2.24. The molecule has 1 fully saturated rings. The SMILES string of the molecule is CC/C=C\CC1C(CC(=O)CCC(CO)OCCCCCCCCCCCCCC)CCC1CC(=O)CCN(C)C. The van der Waals surface area contributed by atoms with Crippen molar-refractivity contribution in [2.75, 3.05) is 33.9 Å². The molecule has 41 heavy (non-hydrogen) atoms. The Balaban J connectivity index is 2.27. The van der Waals surface area contributed by atoms with Gasteiger partial charge in [-0.1, -0.05) is 96.6 Å². The van der Waals surface area contributed by atoms with Crippen molar-refractivity contribution >= 4 is 11.6 Å². The molecule has 1 saturated carbocycles. The summed E-state index contributed by atoms with van der Waals surface area (Å²) in [6, 6.07) is 0. The second kappa shape index (κ2) is 25.5. The number of nitrogens with zero attached hydrogens (tertiary/aromatic N) is 1. The Labute approximate surface area is 254 Å². The molecule has 0 heterocycles. The molecule has 0 aromatic carbocycles. The van der Waals surface area contributed by atoms with Crippen LogP contribution in [0.5, 0.6) is 0 Å². The van der Waals surface area contributed by atoms with E-state index in [2.05, 4.69) is 30.9 Å². The Morgan fingerprint density at radius 1 is 0.805 bits per heavy atom. The molecule has 240 valence electrons. The van der Waals surface area contributed by atoms with E-state index in [0.29, 0.717) is 62.2 Å². The van der Waals surface area contributed by atoms with Crippen LogP contribution < -0.4 is 0 Å². The maximum Gasteiger partial charge on any atom is 0.134 e. The molecule has 0 aliphatic heterocycles. The van der Waals surface area contributed by atoms with Gasteiger partial charge in [0.1, 0.15) is 11.6 Å². The van der Waals surface area contributed by atoms with Crippen LogP contribution in [0.1, 0.15) is 149 Å². The largest absolute Gasteiger partial charge is 0.394 e. The third kappa shape index (κ3) is 19.7. The first-order valence-corrected chi connectivity index (χ1v) is 17.5. The van der Waals surface area contributed by atoms with Crippen molar-refractivity contribution in [1.82, 2.24) is 4.90 Å². The van der Waals surface area contributed by atoms with Gasteiger partial charge in [-0.25, -0.2) is 0 Å². The number of allylic oxidation sites excluding steroid dienone is 2. The summed E-state index contributed by atoms with van der Waals surface area (Å²) in [5, 5.41) is 9.79. The Kier molecular flexibility index (Phi) is 23.6. The molecule has 0 aromatic rings. The summed E-state index contributed by atoms with van der Waals surface area (Å²) in [5.74, 6) is 1.82. The van der Waals surface area contributed by atoms with Crippen LogP contribution in [0, 0.1) is 17.8 Å². The van der Waals surface area contributed by atoms with Gasteiger partial charge in [0.25, 0.3) is 0 Å². The predicted octanol–water partition coefficient (Wildman–Crippen LogP) is 8.71. The fraction of sp³-hybridized carbons (Fsp3) is 0.889. The van der Waals surface area contributed by atoms with Gasteiger partial charge in [-0.15, -0.1) is 0 Å². The van der Waals surface area contributed by atoms with Gasteiger partial charge < -0.3 is 14.7 Å². The molecule has 0 saturated heterocycles. The average molecular weight is 578 g/mol. The maximum atomic E-state index is 13.0. The van der Waals surface area contributed by atoms with Gasteiger partial charge in [0, 0.05) is 38.8 Å². The summed E-state index contributed by atoms with van der Waals surface area (Å²) in [6.45, 7) is 5.88. The minimum absolute atomic E-state index is 0.0173. The number of hydrogen-bond donors (Lipinski definition) is 1. The highest BCUT2D eigenvalue weighted by atomic mass is 16.5. The lowest BCUT2D eigenvalue weighted by Crippen LogP contribution is -2.23. The lowest BCUT2D eigenvalue weighted by atomic mass is 9.81. The van der Waals surface area contributed by atoms with E-state index in [1.165, 1.54) is 70.6 Å². The molecule has 0 amide bonds. The Morgan fingerprint density at radius 2 is 1.34 bits per heavy atom. The number of unbranched alkanes of at least 4 members (excludes halogenated alkanes) is 11. The highest BCUT2D eigenvalue weighted by molar-refractivity contribution is 5.79. The van der Waals surface area contributed by atoms with Gasteiger partial charge in [0.2, 0.25) is 0 Å². The molecule has 4 atom stereocenters. The maximum absolute atomic E-state index is 13.0. The van der Waals surface area contributed by atoms with Gasteiger partial charge in [-0.2, -0.15) is 0 Å². The van der Waals surface area contributed by atoms with Crippen LogP contribution in [0.25, 0.3) is 0 Å². The number of ketones is 2. The highest BCUT2D eigenvalue weighted by Gasteiger charge is 2.37. The summed E-state index contributed by atoms with van der Waals surface area (Å²) < 4.78 is 5.94. The number of ether oxygens (including phenoxy) is 1. The Hall–Kier alpha value is -1.04. The monoisotopic (exact) mass is 578 g/mol. The predicted molar refractivity (Wildman–Crippen MR) is 173 cm³/mol. The zero-order valence-electron chi connectivity index (χ0n) is 27.6. The van der Waals surface area contributed by atoms with E-state index in [-0.39, 0.29) is 18.5 Å². The van der Waals surface area contributed by atoms with Crippen molar-refractivity contribution in [2.45, 2.75) is 155 Å². The minimum Gasteiger partial charge on any atom is -0.394 e. The van der Waals surface area contributed by atoms with Crippen molar-refractivity contribution in [3.8, 4) is 0 Å². The average Bonchev–Trinajstić information content (AvgIpc) is 3.32. The molecule has 0 bridgehead atoms. The van der Waals surface area contributed by atoms with Gasteiger partial charge in [-0.3, -0.25) is 9.59 Å². The van der Waals surface area contributed by atoms with Gasteiger partial charge >= 0.3 is 0 Å². The minimum atomic E-state index is -0.236. The fourth-order valence-electron chi connectivity index (χ4n) is 6.43. The normalized spacial score (nSPS) is 19.9. The first kappa shape index (κ1) is 38.0. The molecule has 5 heteroatoms. The number of aliphatic hydroxyl groups excluding tert-OH is 1. The summed E-state index contributed by atoms with van der Waals surface area (Å²) in [5.41, 5.74) is 0. The van der Waals surface area contributed by atoms with Crippen LogP contribution >= 0.6 is 0 Å². The second-order valence-corrected chi connectivity index (χ2v) is 13.0. The second-order valence-electron chi connectivity index (χ2n) is 13.0. The number of carbonyl (C=O) groups is 2. The van der Waals surface area contributed by atoms with E-state index in [1.54, 1.807) is 0 Å². The summed E-state index contributed by atoms with van der Waals surface area (Å²) in [6.07, 6.45) is 27.1. The molecule has 5 nitrogen and oxygen atoms in total. The van der Waals surface area contributed by atoms with Crippen LogP contribution in [0.15, 0.2) is 12.2 Å². The first-order valence-electron chi connectivity index (χ1n) is 17.5. The molecule has 1 aliphatic carbocycles. The van der Waals surface area contributed by atoms with E-state index in [9.17, 15) is 14.7 Å². The van der Waals surface area contributed by atoms with Gasteiger partial charge in [-0.05, 0) is 70.4 Å². The molecular weight excluding hydrogens is 510 g/mol. The van der Waals surface area contributed by atoms with Crippen LogP contribution in [0.4, 0.5) is 0 Å². The molecule has 0 spiro atoms. The Morgan fingerprint density at radius 3 is 1.85 bits per heavy atom. The standard InChI is InChI=1S/C36H67NO4/c1-5-7-9-10-11-12-13-14-15-16-17-19-27-41-35(30-38)24-23-33(39)28-31-21-22-32(36(31)20-18-8-6-2)29-34(40)25-26-37(3)4/h8,18,31-32,35-36,38H,5-7,9-17,19-30H2,1-4H3/b18-8-. The number of hydrogen-bond acceptors (Lipinski definition) is 5. The van der Waals surface area contributed by atoms with E-state index in [4.69, 9.17) is 4.74 Å². The summed E-state index contributed by atoms with van der Waals surface area (Å²) >= 11 is 0. The molecular formula is C36H67NO4. The smallest absolute Gasteiger partial charge is 0.134 e. The van der Waals surface area contributed by atoms with Crippen LogP contribution in [-0.2, 0) is 14.3 Å². The van der Waals surface area contributed by atoms with Crippen molar-refractivity contribution in [2.24, 2.45) is 17.8 Å². The van der Waals surface area contributed by atoms with Crippen molar-refractivity contribution in [1.29, 1.82) is 0 Å². The zero-order chi connectivity index (χ0) is 30.1. The van der Waals surface area contributed by atoms with E-state index in [1.807, 2.05) is 14.1 Å². The molecule has 0 aromatic heterocycles. The fourth-order valence-corrected chi connectivity index (χ4v) is 6.43. The van der Waals surface area contributed by atoms with Crippen LogP contribution in [0.3, 0.4) is 0 Å². The number of rotatable bonds is 28. The Bertz CT molecular complexity index is 676. The zero-order valence-corrected chi connectivity index (χ0v) is 27.6. The molecule has 1 N–H and O–H groups in total. The van der Waals surface area contributed by atoms with Gasteiger partial charge in [0.05, 0.1) is 12.7 Å². The lowest BCUT2D eigenvalue weighted by molar-refractivity contribution is -0.121. The van der Waals surface area contributed by atoms with Crippen LogP contribution in [-0.4, -0.2) is 61.5 Å². The molecule has 4 unspecified atom stereocenters. The van der Waals surface area contributed by atoms with E-state index < -0.39 is 0 Å². The van der Waals surface area contributed by atoms with Crippen LogP contribution in [0.2, 0.25) is 0 Å². The summed E-state index contributed by atoms with van der Waals surface area (Å²) in [7, 11) is 4.02. The van der Waals surface area contributed by atoms with E-state index >= 15 is 0 Å². The van der Waals surface area contributed by atoms with Crippen molar-refractivity contribution < 1.29 is 19.4 Å². The summed E-state index contributed by atoms with van der Waals surface area (Å²) in [4.78, 5) is 27.6. The third-order valence-corrected chi connectivity index (χ3v) is 9.05. The topological polar surface area (TPSA) is 66.8 Å². The molecule has 0 radical (unpaired) electrons. The number of aliphatic hydroxyl groups is 1. The highest BCUT2D eigenvalue weighted by Crippen LogP contribution is 2.43. The van der Waals surface area contributed by atoms with Crippen molar-refractivity contribution in [3.63, 3.8) is 0 Å². The first-order chi connectivity index (χ1) is 19.9. The molecule has 1 rings (SSSR count). The quantitative estimate of drug-likeness (QED) is 0.0744. The van der Waals surface area contributed by atoms with Crippen molar-refractivity contribution in [3.05, 3.63) is 12.2 Å². The number of carbonyl (C=O) groups excluding carboxylic acids is 2. The third-order valence-electron chi connectivity index (χ3n) is 9.05. The number of Topliss-reactive ketones (excluding diaryl/α,β-unsaturated/α-hetero) is 2.